The highest BCUT2D eigenvalue weighted by molar-refractivity contribution is 9.10. The average molecular weight is 413 g/mol. The van der Waals surface area contributed by atoms with Crippen LogP contribution in [0, 0.1) is 5.92 Å². The molecular formula is C13H19BrClN3O3S. The Morgan fingerprint density at radius 2 is 1.86 bits per heavy atom. The molecule has 0 saturated carbocycles. The minimum atomic E-state index is -3.62. The second kappa shape index (κ2) is 7.74. The molecule has 1 aromatic carbocycles. The van der Waals surface area contributed by atoms with E-state index in [2.05, 4.69) is 15.9 Å². The Labute approximate surface area is 144 Å². The van der Waals surface area contributed by atoms with Crippen LogP contribution in [0.4, 0.5) is 0 Å². The van der Waals surface area contributed by atoms with Crippen molar-refractivity contribution < 1.29 is 13.2 Å². The van der Waals surface area contributed by atoms with Crippen molar-refractivity contribution >= 4 is 44.3 Å². The molecule has 1 aromatic rings. The van der Waals surface area contributed by atoms with E-state index in [1.165, 1.54) is 22.5 Å². The summed E-state index contributed by atoms with van der Waals surface area (Å²) in [6.07, 6.45) is 1.51. The van der Waals surface area contributed by atoms with Gasteiger partial charge in [0.05, 0.1) is 4.90 Å². The number of carbonyl (C=O) groups excluding carboxylic acids is 1. The maximum atomic E-state index is 12.6. The second-order valence-corrected chi connectivity index (χ2v) is 7.98. The number of hydrogen-bond donors (Lipinski definition) is 2. The van der Waals surface area contributed by atoms with Crippen LogP contribution in [0.25, 0.3) is 0 Å². The van der Waals surface area contributed by atoms with Gasteiger partial charge in [-0.2, -0.15) is 4.31 Å². The predicted molar refractivity (Wildman–Crippen MR) is 90.4 cm³/mol. The Morgan fingerprint density at radius 3 is 2.36 bits per heavy atom. The molecule has 1 aliphatic rings. The van der Waals surface area contributed by atoms with Crippen molar-refractivity contribution in [2.45, 2.75) is 17.7 Å². The van der Waals surface area contributed by atoms with Gasteiger partial charge in [0.25, 0.3) is 0 Å². The van der Waals surface area contributed by atoms with Crippen molar-refractivity contribution in [3.63, 3.8) is 0 Å². The van der Waals surface area contributed by atoms with Crippen molar-refractivity contribution in [1.29, 1.82) is 0 Å². The quantitative estimate of drug-likeness (QED) is 0.778. The summed E-state index contributed by atoms with van der Waals surface area (Å²) in [5.41, 5.74) is 11.0. The van der Waals surface area contributed by atoms with Gasteiger partial charge in [-0.15, -0.1) is 12.4 Å². The summed E-state index contributed by atoms with van der Waals surface area (Å²) in [4.78, 5) is 11.3. The fraction of sp³-hybridized carbons (Fsp3) is 0.462. The molecule has 0 spiro atoms. The number of benzene rings is 1. The van der Waals surface area contributed by atoms with Crippen LogP contribution < -0.4 is 11.5 Å². The molecule has 1 fully saturated rings. The van der Waals surface area contributed by atoms with Gasteiger partial charge >= 0.3 is 0 Å². The van der Waals surface area contributed by atoms with Crippen LogP contribution >= 0.6 is 28.3 Å². The predicted octanol–water partition coefficient (Wildman–Crippen LogP) is 1.33. The smallest absolute Gasteiger partial charge is 0.248 e. The van der Waals surface area contributed by atoms with Gasteiger partial charge in [-0.05, 0) is 43.5 Å². The first kappa shape index (κ1) is 19.4. The van der Waals surface area contributed by atoms with E-state index >= 15 is 0 Å². The van der Waals surface area contributed by atoms with Gasteiger partial charge in [-0.1, -0.05) is 15.9 Å². The Balaban J connectivity index is 0.00000242. The summed E-state index contributed by atoms with van der Waals surface area (Å²) in [6, 6.07) is 4.30. The summed E-state index contributed by atoms with van der Waals surface area (Å²) >= 11 is 3.21. The molecular weight excluding hydrogens is 394 g/mol. The van der Waals surface area contributed by atoms with E-state index in [-0.39, 0.29) is 22.9 Å². The molecule has 0 unspecified atom stereocenters. The Morgan fingerprint density at radius 1 is 1.27 bits per heavy atom. The normalized spacial score (nSPS) is 17.0. The highest BCUT2D eigenvalue weighted by Crippen LogP contribution is 2.26. The number of hydrogen-bond acceptors (Lipinski definition) is 4. The first-order valence-corrected chi connectivity index (χ1v) is 8.88. The number of primary amides is 1. The summed E-state index contributed by atoms with van der Waals surface area (Å²) in [7, 11) is -3.62. The minimum Gasteiger partial charge on any atom is -0.366 e. The van der Waals surface area contributed by atoms with Crippen molar-refractivity contribution in [2.75, 3.05) is 19.6 Å². The van der Waals surface area contributed by atoms with Gasteiger partial charge in [-0.25, -0.2) is 8.42 Å². The standard InChI is InChI=1S/C13H18BrN3O3S.ClH/c14-11-5-10(13(16)18)6-12(7-11)21(19,20)17-3-1-9(8-15)2-4-17;/h5-7,9H,1-4,8,15H2,(H2,16,18);1H. The number of sulfonamides is 1. The molecule has 1 heterocycles. The van der Waals surface area contributed by atoms with E-state index in [4.69, 9.17) is 11.5 Å². The maximum absolute atomic E-state index is 12.6. The average Bonchev–Trinajstić information content (AvgIpc) is 2.46. The summed E-state index contributed by atoms with van der Waals surface area (Å²) in [5, 5.41) is 0. The molecule has 0 bridgehead atoms. The lowest BCUT2D eigenvalue weighted by Gasteiger charge is -2.30. The van der Waals surface area contributed by atoms with Crippen molar-refractivity contribution in [3.8, 4) is 0 Å². The number of nitrogens with zero attached hydrogens (tertiary/aromatic N) is 1. The van der Waals surface area contributed by atoms with Crippen LogP contribution in [0.3, 0.4) is 0 Å². The number of rotatable bonds is 4. The fourth-order valence-corrected chi connectivity index (χ4v) is 4.57. The van der Waals surface area contributed by atoms with Gasteiger partial charge < -0.3 is 11.5 Å². The third-order valence-electron chi connectivity index (χ3n) is 3.70. The number of amides is 1. The van der Waals surface area contributed by atoms with Crippen LogP contribution in [-0.4, -0.2) is 38.3 Å². The number of piperidine rings is 1. The van der Waals surface area contributed by atoms with E-state index < -0.39 is 15.9 Å². The fourth-order valence-electron chi connectivity index (χ4n) is 2.39. The minimum absolute atomic E-state index is 0. The molecule has 4 N–H and O–H groups in total. The molecule has 1 aliphatic heterocycles. The topological polar surface area (TPSA) is 106 Å². The second-order valence-electron chi connectivity index (χ2n) is 5.12. The number of halogens is 2. The SMILES string of the molecule is Cl.NCC1CCN(S(=O)(=O)c2cc(Br)cc(C(N)=O)c2)CC1. The molecule has 1 amide bonds. The summed E-state index contributed by atoms with van der Waals surface area (Å²) in [5.74, 6) is -0.283. The van der Waals surface area contributed by atoms with Gasteiger partial charge in [0.1, 0.15) is 0 Å². The lowest BCUT2D eigenvalue weighted by Crippen LogP contribution is -2.40. The van der Waals surface area contributed by atoms with Gasteiger partial charge in [0.2, 0.25) is 15.9 Å². The van der Waals surface area contributed by atoms with Gasteiger partial charge in [-0.3, -0.25) is 4.79 Å². The largest absolute Gasteiger partial charge is 0.366 e. The molecule has 1 saturated heterocycles. The zero-order valence-electron chi connectivity index (χ0n) is 11.9. The van der Waals surface area contributed by atoms with E-state index in [0.717, 1.165) is 12.8 Å². The van der Waals surface area contributed by atoms with Crippen LogP contribution in [0.5, 0.6) is 0 Å². The van der Waals surface area contributed by atoms with E-state index in [1.807, 2.05) is 0 Å². The van der Waals surface area contributed by atoms with E-state index in [1.54, 1.807) is 0 Å². The first-order chi connectivity index (χ1) is 9.84. The number of nitrogens with two attached hydrogens (primary N) is 2. The zero-order valence-corrected chi connectivity index (χ0v) is 15.1. The van der Waals surface area contributed by atoms with Crippen LogP contribution in [-0.2, 0) is 10.0 Å². The number of carbonyl (C=O) groups is 1. The molecule has 0 atom stereocenters. The lowest BCUT2D eigenvalue weighted by molar-refractivity contribution is 0.1000. The van der Waals surface area contributed by atoms with Gasteiger partial charge in [0.15, 0.2) is 0 Å². The molecule has 0 aromatic heterocycles. The van der Waals surface area contributed by atoms with Gasteiger partial charge in [0, 0.05) is 23.1 Å². The first-order valence-electron chi connectivity index (χ1n) is 6.65. The zero-order chi connectivity index (χ0) is 15.6. The third kappa shape index (κ3) is 4.20. The Hall–Kier alpha value is -0.670. The molecule has 6 nitrogen and oxygen atoms in total. The van der Waals surface area contributed by atoms with E-state index in [9.17, 15) is 13.2 Å². The molecule has 22 heavy (non-hydrogen) atoms. The molecule has 9 heteroatoms. The Bertz CT molecular complexity index is 646. The van der Waals surface area contributed by atoms with Crippen molar-refractivity contribution in [2.24, 2.45) is 17.4 Å². The molecule has 2 rings (SSSR count). The third-order valence-corrected chi connectivity index (χ3v) is 6.03. The Kier molecular flexibility index (Phi) is 6.82. The lowest BCUT2D eigenvalue weighted by atomic mass is 9.99. The molecule has 124 valence electrons. The highest BCUT2D eigenvalue weighted by Gasteiger charge is 2.29. The molecule has 0 aliphatic carbocycles. The van der Waals surface area contributed by atoms with Crippen molar-refractivity contribution in [1.82, 2.24) is 4.31 Å². The van der Waals surface area contributed by atoms with Crippen LogP contribution in [0.15, 0.2) is 27.6 Å². The highest BCUT2D eigenvalue weighted by atomic mass is 79.9. The van der Waals surface area contributed by atoms with Crippen LogP contribution in [0.1, 0.15) is 23.2 Å². The summed E-state index contributed by atoms with van der Waals surface area (Å²) in [6.45, 7) is 1.47. The summed E-state index contributed by atoms with van der Waals surface area (Å²) < 4.78 is 27.2. The van der Waals surface area contributed by atoms with Crippen molar-refractivity contribution in [3.05, 3.63) is 28.2 Å². The van der Waals surface area contributed by atoms with Crippen LogP contribution in [0.2, 0.25) is 0 Å². The molecule has 0 radical (unpaired) electrons. The van der Waals surface area contributed by atoms with E-state index in [0.29, 0.717) is 30.0 Å². The monoisotopic (exact) mass is 411 g/mol. The maximum Gasteiger partial charge on any atom is 0.248 e.